The first-order chi connectivity index (χ1) is 20.2. The number of halogens is 6. The molecule has 3 aromatic rings. The topological polar surface area (TPSA) is 86.1 Å². The zero-order chi connectivity index (χ0) is 31.4. The number of rotatable bonds is 9. The highest BCUT2D eigenvalue weighted by Gasteiger charge is 2.71. The molecule has 0 saturated carbocycles. The van der Waals surface area contributed by atoms with E-state index in [-0.39, 0.29) is 13.2 Å². The van der Waals surface area contributed by atoms with Crippen molar-refractivity contribution >= 4 is 5.97 Å². The van der Waals surface area contributed by atoms with Gasteiger partial charge in [-0.15, -0.1) is 0 Å². The van der Waals surface area contributed by atoms with E-state index in [1.165, 1.54) is 0 Å². The highest BCUT2D eigenvalue weighted by molar-refractivity contribution is 5.76. The fourth-order valence-electron chi connectivity index (χ4n) is 5.18. The summed E-state index contributed by atoms with van der Waals surface area (Å²) in [6, 6.07) is 12.1. The third-order valence-corrected chi connectivity index (χ3v) is 7.45. The zero-order valence-corrected chi connectivity index (χ0v) is 23.2. The fraction of sp³-hybridized carbons (Fsp3) is 0.400. The van der Waals surface area contributed by atoms with E-state index in [9.17, 15) is 36.2 Å². The Labute approximate surface area is 244 Å². The van der Waals surface area contributed by atoms with Gasteiger partial charge in [0.05, 0.1) is 6.61 Å². The van der Waals surface area contributed by atoms with Crippen LogP contribution in [-0.4, -0.2) is 82.2 Å². The summed E-state index contributed by atoms with van der Waals surface area (Å²) in [6.07, 6.45) is -8.56. The van der Waals surface area contributed by atoms with Crippen LogP contribution in [0.1, 0.15) is 22.3 Å². The minimum Gasteiger partial charge on any atom is -0.462 e. The summed E-state index contributed by atoms with van der Waals surface area (Å²) in [5, 5.41) is 18.7. The molecular formula is C30H31F6N3O4. The highest BCUT2D eigenvalue weighted by atomic mass is 19.4. The number of hydrogen-bond acceptors (Lipinski definition) is 7. The molecule has 1 aromatic heterocycles. The Kier molecular flexibility index (Phi) is 9.79. The molecule has 43 heavy (non-hydrogen) atoms. The fourth-order valence-corrected chi connectivity index (χ4v) is 5.18. The molecule has 2 N–H and O–H groups in total. The average molecular weight is 612 g/mol. The molecule has 2 heterocycles. The monoisotopic (exact) mass is 611 g/mol. The second-order valence-corrected chi connectivity index (χ2v) is 10.4. The van der Waals surface area contributed by atoms with Crippen molar-refractivity contribution in [1.29, 1.82) is 0 Å². The number of nitrogens with zero attached hydrogens (tertiary/aromatic N) is 3. The predicted octanol–water partition coefficient (Wildman–Crippen LogP) is 4.59. The van der Waals surface area contributed by atoms with Crippen molar-refractivity contribution in [3.8, 4) is 11.1 Å². The Bertz CT molecular complexity index is 1370. The van der Waals surface area contributed by atoms with E-state index < -0.39 is 35.5 Å². The largest absolute Gasteiger partial charge is 0.462 e. The normalized spacial score (nSPS) is 17.2. The molecule has 4 rings (SSSR count). The van der Waals surface area contributed by atoms with Gasteiger partial charge in [-0.3, -0.25) is 19.6 Å². The maximum absolute atomic E-state index is 13.2. The Morgan fingerprint density at radius 3 is 2.16 bits per heavy atom. The van der Waals surface area contributed by atoms with Gasteiger partial charge in [-0.25, -0.2) is 0 Å². The number of carbonyl (C=O) groups is 1. The van der Waals surface area contributed by atoms with Crippen molar-refractivity contribution in [3.05, 3.63) is 89.2 Å². The lowest BCUT2D eigenvalue weighted by molar-refractivity contribution is -0.376. The zero-order valence-electron chi connectivity index (χ0n) is 23.2. The Morgan fingerprint density at radius 2 is 1.58 bits per heavy atom. The van der Waals surface area contributed by atoms with E-state index in [0.717, 1.165) is 28.8 Å². The first kappa shape index (κ1) is 32.4. The Morgan fingerprint density at radius 1 is 0.930 bits per heavy atom. The van der Waals surface area contributed by atoms with Crippen molar-refractivity contribution in [3.63, 3.8) is 0 Å². The number of piperazine rings is 1. The smallest absolute Gasteiger partial charge is 0.430 e. The number of aliphatic hydroxyl groups is 2. The van der Waals surface area contributed by atoms with Crippen LogP contribution in [0.2, 0.25) is 0 Å². The van der Waals surface area contributed by atoms with Gasteiger partial charge in [0.25, 0.3) is 5.60 Å². The van der Waals surface area contributed by atoms with Crippen LogP contribution in [0.25, 0.3) is 11.1 Å². The van der Waals surface area contributed by atoms with Crippen LogP contribution in [-0.2, 0) is 28.2 Å². The Hall–Kier alpha value is -3.52. The van der Waals surface area contributed by atoms with Crippen LogP contribution >= 0.6 is 0 Å². The number of carbonyl (C=O) groups excluding carboxylic acids is 1. The van der Waals surface area contributed by atoms with Crippen molar-refractivity contribution in [2.75, 3.05) is 32.8 Å². The van der Waals surface area contributed by atoms with Crippen molar-refractivity contribution in [2.45, 2.75) is 44.0 Å². The van der Waals surface area contributed by atoms with E-state index in [1.54, 1.807) is 31.5 Å². The molecule has 1 aliphatic heterocycles. The molecule has 1 saturated heterocycles. The number of aliphatic hydroxyl groups excluding tert-OH is 1. The van der Waals surface area contributed by atoms with Crippen molar-refractivity contribution in [1.82, 2.24) is 14.8 Å². The highest BCUT2D eigenvalue weighted by Crippen LogP contribution is 2.50. The van der Waals surface area contributed by atoms with E-state index in [4.69, 9.17) is 9.84 Å². The molecule has 0 amide bonds. The predicted molar refractivity (Wildman–Crippen MR) is 144 cm³/mol. The lowest BCUT2D eigenvalue weighted by Crippen LogP contribution is -2.56. The van der Waals surface area contributed by atoms with Gasteiger partial charge in [0, 0.05) is 50.7 Å². The molecule has 0 bridgehead atoms. The maximum atomic E-state index is 13.2. The summed E-state index contributed by atoms with van der Waals surface area (Å²) in [6.45, 7) is 3.99. The summed E-state index contributed by atoms with van der Waals surface area (Å²) in [5.74, 6) is -0.439. The number of aromatic nitrogens is 1. The van der Waals surface area contributed by atoms with Crippen LogP contribution in [0.5, 0.6) is 0 Å². The maximum Gasteiger partial charge on any atom is 0.430 e. The van der Waals surface area contributed by atoms with Gasteiger partial charge in [0.15, 0.2) is 0 Å². The molecule has 0 unspecified atom stereocenters. The van der Waals surface area contributed by atoms with Crippen molar-refractivity contribution in [2.24, 2.45) is 0 Å². The van der Waals surface area contributed by atoms with Gasteiger partial charge in [0.2, 0.25) is 0 Å². The summed E-state index contributed by atoms with van der Waals surface area (Å²) in [4.78, 5) is 21.0. The lowest BCUT2D eigenvalue weighted by atomic mass is 9.90. The Balaban J connectivity index is 1.48. The summed E-state index contributed by atoms with van der Waals surface area (Å²) >= 11 is 0. The second-order valence-electron chi connectivity index (χ2n) is 10.4. The molecular weight excluding hydrogens is 580 g/mol. The van der Waals surface area contributed by atoms with Gasteiger partial charge in [-0.1, -0.05) is 42.5 Å². The molecule has 232 valence electrons. The minimum atomic E-state index is -5.95. The van der Waals surface area contributed by atoms with Crippen LogP contribution in [0, 0.1) is 6.92 Å². The number of pyridine rings is 1. The van der Waals surface area contributed by atoms with E-state index in [1.807, 2.05) is 23.1 Å². The standard InChI is InChI=1S/C30H31F6N3O4/c1-20-16-22(2-7-25(20)23-3-5-24(6-4-23)28(42,29(31,32)33)30(34,35)36)17-38-12-13-39(18-21-8-10-37-11-9-21)26(19-38)27(41)43-15-14-40/h2-11,16,26,40,42H,12-15,17-19H2,1H3/t26-/m0/s1. The van der Waals surface area contributed by atoms with Gasteiger partial charge in [-0.2, -0.15) is 26.3 Å². The number of alkyl halides is 6. The van der Waals surface area contributed by atoms with E-state index in [2.05, 4.69) is 9.88 Å². The molecule has 0 radical (unpaired) electrons. The molecule has 0 spiro atoms. The number of aryl methyl sites for hydroxylation is 1. The number of esters is 1. The summed E-state index contributed by atoms with van der Waals surface area (Å²) in [7, 11) is 0. The molecule has 1 fully saturated rings. The van der Waals surface area contributed by atoms with Gasteiger partial charge in [-0.05, 0) is 46.9 Å². The summed E-state index contributed by atoms with van der Waals surface area (Å²) in [5.41, 5.74) is -2.69. The average Bonchev–Trinajstić information content (AvgIpc) is 2.96. The first-order valence-corrected chi connectivity index (χ1v) is 13.4. The number of ether oxygens (including phenoxy) is 1. The van der Waals surface area contributed by atoms with Crippen molar-refractivity contribution < 1.29 is 46.1 Å². The van der Waals surface area contributed by atoms with Gasteiger partial charge < -0.3 is 14.9 Å². The van der Waals surface area contributed by atoms with Crippen LogP contribution in [0.4, 0.5) is 26.3 Å². The number of hydrogen-bond donors (Lipinski definition) is 2. The van der Waals surface area contributed by atoms with Crippen LogP contribution in [0.15, 0.2) is 67.0 Å². The third kappa shape index (κ3) is 7.18. The SMILES string of the molecule is Cc1cc(CN2CCN(Cc3ccncc3)[C@H](C(=O)OCCO)C2)ccc1-c1ccc(C(O)(C(F)(F)F)C(F)(F)F)cc1. The van der Waals surface area contributed by atoms with Crippen LogP contribution in [0.3, 0.4) is 0 Å². The van der Waals surface area contributed by atoms with E-state index >= 15 is 0 Å². The number of benzene rings is 2. The molecule has 2 aromatic carbocycles. The molecule has 0 aliphatic carbocycles. The molecule has 13 heteroatoms. The summed E-state index contributed by atoms with van der Waals surface area (Å²) < 4.78 is 84.7. The lowest BCUT2D eigenvalue weighted by Gasteiger charge is -2.40. The molecule has 1 atom stereocenters. The quantitative estimate of drug-likeness (QED) is 0.271. The molecule has 1 aliphatic rings. The minimum absolute atomic E-state index is 0.105. The van der Waals surface area contributed by atoms with Gasteiger partial charge in [0.1, 0.15) is 12.6 Å². The first-order valence-electron chi connectivity index (χ1n) is 13.4. The third-order valence-electron chi connectivity index (χ3n) is 7.45. The van der Waals surface area contributed by atoms with Crippen LogP contribution < -0.4 is 0 Å². The second kappa shape index (κ2) is 13.0. The van der Waals surface area contributed by atoms with E-state index in [0.29, 0.717) is 56.0 Å². The molecule has 7 nitrogen and oxygen atoms in total. The van der Waals surface area contributed by atoms with Gasteiger partial charge >= 0.3 is 18.3 Å².